The topological polar surface area (TPSA) is 52.9 Å². The largest absolute Gasteiger partial charge is 0.322 e. The second kappa shape index (κ2) is 8.09. The fourth-order valence-corrected chi connectivity index (χ4v) is 3.72. The van der Waals surface area contributed by atoms with Crippen LogP contribution in [0, 0.1) is 18.3 Å². The van der Waals surface area contributed by atoms with Gasteiger partial charge in [0, 0.05) is 20.5 Å². The molecule has 1 N–H and O–H groups in total. The summed E-state index contributed by atoms with van der Waals surface area (Å²) >= 11 is 7.38. The maximum Gasteiger partial charge on any atom is 0.256 e. The Morgan fingerprint density at radius 3 is 2.46 bits per heavy atom. The van der Waals surface area contributed by atoms with E-state index >= 15 is 0 Å². The summed E-state index contributed by atoms with van der Waals surface area (Å²) in [7, 11) is 0. The normalized spacial score (nSPS) is 10.2. The summed E-state index contributed by atoms with van der Waals surface area (Å²) in [4.78, 5) is 14.4. The van der Waals surface area contributed by atoms with Gasteiger partial charge in [-0.2, -0.15) is 5.26 Å². The summed E-state index contributed by atoms with van der Waals surface area (Å²) < 4.78 is 0. The van der Waals surface area contributed by atoms with Crippen molar-refractivity contribution in [2.24, 2.45) is 0 Å². The van der Waals surface area contributed by atoms with Gasteiger partial charge in [-0.15, -0.1) is 0 Å². The van der Waals surface area contributed by atoms with Gasteiger partial charge in [0.2, 0.25) is 0 Å². The van der Waals surface area contributed by atoms with Crippen molar-refractivity contribution in [1.29, 1.82) is 5.26 Å². The number of rotatable bonds is 4. The molecule has 0 fully saturated rings. The highest BCUT2D eigenvalue weighted by Gasteiger charge is 2.14. The molecule has 0 saturated carbocycles. The van der Waals surface area contributed by atoms with Gasteiger partial charge >= 0.3 is 0 Å². The van der Waals surface area contributed by atoms with Crippen molar-refractivity contribution in [3.63, 3.8) is 0 Å². The number of nitrogens with zero attached hydrogens (tertiary/aromatic N) is 1. The summed E-state index contributed by atoms with van der Waals surface area (Å²) in [6.45, 7) is 1.89. The van der Waals surface area contributed by atoms with E-state index in [0.717, 1.165) is 21.0 Å². The van der Waals surface area contributed by atoms with E-state index in [0.29, 0.717) is 16.1 Å². The standard InChI is InChI=1S/C21H15ClN2OS/c1-14-12-16(22)10-11-18(14)24-21(25)17-7-3-5-9-20(17)26-19-8-4-2-6-15(19)13-23/h2-12H,1H3,(H,24,25). The van der Waals surface area contributed by atoms with E-state index < -0.39 is 0 Å². The van der Waals surface area contributed by atoms with Gasteiger partial charge in [-0.25, -0.2) is 0 Å². The number of benzene rings is 3. The number of nitriles is 1. The second-order valence-corrected chi connectivity index (χ2v) is 7.14. The van der Waals surface area contributed by atoms with Gasteiger partial charge in [-0.3, -0.25) is 4.79 Å². The molecule has 0 saturated heterocycles. The van der Waals surface area contributed by atoms with Crippen LogP contribution in [0.25, 0.3) is 0 Å². The maximum absolute atomic E-state index is 12.8. The van der Waals surface area contributed by atoms with Crippen LogP contribution in [0.3, 0.4) is 0 Å². The zero-order valence-corrected chi connectivity index (χ0v) is 15.6. The summed E-state index contributed by atoms with van der Waals surface area (Å²) in [5.41, 5.74) is 2.75. The van der Waals surface area contributed by atoms with Crippen LogP contribution in [-0.2, 0) is 0 Å². The summed E-state index contributed by atoms with van der Waals surface area (Å²) in [6, 6.07) is 22.2. The fourth-order valence-electron chi connectivity index (χ4n) is 2.47. The third-order valence-electron chi connectivity index (χ3n) is 3.80. The highest BCUT2D eigenvalue weighted by Crippen LogP contribution is 2.33. The van der Waals surface area contributed by atoms with Crippen molar-refractivity contribution >= 4 is 35.0 Å². The van der Waals surface area contributed by atoms with Gasteiger partial charge in [-0.1, -0.05) is 47.6 Å². The van der Waals surface area contributed by atoms with Gasteiger partial charge in [-0.05, 0) is 55.0 Å². The molecule has 0 atom stereocenters. The monoisotopic (exact) mass is 378 g/mol. The van der Waals surface area contributed by atoms with Crippen molar-refractivity contribution in [2.75, 3.05) is 5.32 Å². The van der Waals surface area contributed by atoms with E-state index in [2.05, 4.69) is 11.4 Å². The Bertz CT molecular complexity index is 1010. The van der Waals surface area contributed by atoms with E-state index in [1.165, 1.54) is 11.8 Å². The molecule has 0 aliphatic heterocycles. The smallest absolute Gasteiger partial charge is 0.256 e. The first-order chi connectivity index (χ1) is 12.6. The zero-order valence-electron chi connectivity index (χ0n) is 14.0. The molecule has 5 heteroatoms. The maximum atomic E-state index is 12.8. The van der Waals surface area contributed by atoms with Crippen LogP contribution >= 0.6 is 23.4 Å². The first-order valence-corrected chi connectivity index (χ1v) is 9.11. The summed E-state index contributed by atoms with van der Waals surface area (Å²) in [5, 5.41) is 12.8. The molecule has 0 bridgehead atoms. The molecule has 0 heterocycles. The van der Waals surface area contributed by atoms with Crippen LogP contribution in [0.2, 0.25) is 5.02 Å². The molecule has 3 rings (SSSR count). The molecule has 26 heavy (non-hydrogen) atoms. The Kier molecular flexibility index (Phi) is 5.62. The molecule has 1 amide bonds. The Morgan fingerprint density at radius 1 is 1.04 bits per heavy atom. The van der Waals surface area contributed by atoms with E-state index in [1.807, 2.05) is 43.3 Å². The molecular weight excluding hydrogens is 364 g/mol. The van der Waals surface area contributed by atoms with Crippen molar-refractivity contribution in [3.8, 4) is 6.07 Å². The number of anilines is 1. The van der Waals surface area contributed by atoms with E-state index in [9.17, 15) is 10.1 Å². The summed E-state index contributed by atoms with van der Waals surface area (Å²) in [5.74, 6) is -0.201. The lowest BCUT2D eigenvalue weighted by atomic mass is 10.1. The zero-order chi connectivity index (χ0) is 18.5. The van der Waals surface area contributed by atoms with Crippen molar-refractivity contribution in [3.05, 3.63) is 88.4 Å². The molecule has 3 aromatic rings. The Labute approximate surface area is 161 Å². The third kappa shape index (κ3) is 4.08. The first kappa shape index (κ1) is 18.1. The number of nitrogens with one attached hydrogen (secondary N) is 1. The van der Waals surface area contributed by atoms with Crippen LogP contribution in [0.5, 0.6) is 0 Å². The van der Waals surface area contributed by atoms with Crippen LogP contribution in [0.15, 0.2) is 76.5 Å². The molecule has 0 aliphatic rings. The number of aryl methyl sites for hydroxylation is 1. The minimum atomic E-state index is -0.201. The number of carbonyl (C=O) groups excluding carboxylic acids is 1. The SMILES string of the molecule is Cc1cc(Cl)ccc1NC(=O)c1ccccc1Sc1ccccc1C#N. The number of hydrogen-bond donors (Lipinski definition) is 1. The molecule has 0 radical (unpaired) electrons. The van der Waals surface area contributed by atoms with Crippen LogP contribution in [0.4, 0.5) is 5.69 Å². The summed E-state index contributed by atoms with van der Waals surface area (Å²) in [6.07, 6.45) is 0. The quantitative estimate of drug-likeness (QED) is 0.612. The average Bonchev–Trinajstić information content (AvgIpc) is 2.65. The van der Waals surface area contributed by atoms with Crippen molar-refractivity contribution in [1.82, 2.24) is 0 Å². The molecule has 0 spiro atoms. The number of amides is 1. The Balaban J connectivity index is 1.89. The van der Waals surface area contributed by atoms with Gasteiger partial charge in [0.05, 0.1) is 11.1 Å². The van der Waals surface area contributed by atoms with Crippen LogP contribution in [0.1, 0.15) is 21.5 Å². The lowest BCUT2D eigenvalue weighted by molar-refractivity contribution is 0.102. The average molecular weight is 379 g/mol. The molecule has 0 aromatic heterocycles. The van der Waals surface area contributed by atoms with Gasteiger partial charge in [0.15, 0.2) is 0 Å². The minimum Gasteiger partial charge on any atom is -0.322 e. The first-order valence-electron chi connectivity index (χ1n) is 7.92. The Hall–Kier alpha value is -2.74. The second-order valence-electron chi connectivity index (χ2n) is 5.62. The highest BCUT2D eigenvalue weighted by molar-refractivity contribution is 7.99. The van der Waals surface area contributed by atoms with Gasteiger partial charge in [0.1, 0.15) is 6.07 Å². The number of carbonyl (C=O) groups is 1. The third-order valence-corrected chi connectivity index (χ3v) is 5.18. The van der Waals surface area contributed by atoms with E-state index in [-0.39, 0.29) is 5.91 Å². The van der Waals surface area contributed by atoms with Crippen LogP contribution in [-0.4, -0.2) is 5.91 Å². The highest BCUT2D eigenvalue weighted by atomic mass is 35.5. The van der Waals surface area contributed by atoms with E-state index in [1.54, 1.807) is 30.3 Å². The number of hydrogen-bond acceptors (Lipinski definition) is 3. The minimum absolute atomic E-state index is 0.201. The Morgan fingerprint density at radius 2 is 1.73 bits per heavy atom. The van der Waals surface area contributed by atoms with Crippen molar-refractivity contribution in [2.45, 2.75) is 16.7 Å². The fraction of sp³-hybridized carbons (Fsp3) is 0.0476. The van der Waals surface area contributed by atoms with E-state index in [4.69, 9.17) is 11.6 Å². The predicted octanol–water partition coefficient (Wildman–Crippen LogP) is 5.92. The van der Waals surface area contributed by atoms with Gasteiger partial charge in [0.25, 0.3) is 5.91 Å². The molecular formula is C21H15ClN2OS. The molecule has 128 valence electrons. The predicted molar refractivity (Wildman–Crippen MR) is 106 cm³/mol. The molecule has 0 unspecified atom stereocenters. The lowest BCUT2D eigenvalue weighted by Gasteiger charge is -2.12. The molecule has 0 aliphatic carbocycles. The van der Waals surface area contributed by atoms with Crippen molar-refractivity contribution < 1.29 is 4.79 Å². The molecule has 3 nitrogen and oxygen atoms in total. The number of halogens is 1. The lowest BCUT2D eigenvalue weighted by Crippen LogP contribution is -2.13. The van der Waals surface area contributed by atoms with Gasteiger partial charge < -0.3 is 5.32 Å². The van der Waals surface area contributed by atoms with Crippen LogP contribution < -0.4 is 5.32 Å². The molecule has 3 aromatic carbocycles.